The third-order valence-electron chi connectivity index (χ3n) is 4.33. The number of hydrogen-bond acceptors (Lipinski definition) is 4. The van der Waals surface area contributed by atoms with E-state index in [0.29, 0.717) is 28.4 Å². The molecule has 0 saturated heterocycles. The molecule has 27 heavy (non-hydrogen) atoms. The molecule has 6 nitrogen and oxygen atoms in total. The number of hydrogen-bond donors (Lipinski definition) is 2. The van der Waals surface area contributed by atoms with Crippen LogP contribution >= 0.6 is 0 Å². The third-order valence-corrected chi connectivity index (χ3v) is 4.33. The molecule has 0 unspecified atom stereocenters. The van der Waals surface area contributed by atoms with Gasteiger partial charge in [0.05, 0.1) is 17.7 Å². The highest BCUT2D eigenvalue weighted by molar-refractivity contribution is 5.91. The number of aromatic amines is 2. The van der Waals surface area contributed by atoms with Crippen molar-refractivity contribution in [3.8, 4) is 34.0 Å². The largest absolute Gasteiger partial charge is 0.341 e. The predicted molar refractivity (Wildman–Crippen MR) is 100 cm³/mol. The van der Waals surface area contributed by atoms with E-state index < -0.39 is 0 Å². The van der Waals surface area contributed by atoms with Crippen molar-refractivity contribution < 1.29 is 4.39 Å². The number of halogens is 1. The lowest BCUT2D eigenvalue weighted by atomic mass is 10.1. The molecule has 3 aromatic heterocycles. The molecule has 0 aliphatic rings. The summed E-state index contributed by atoms with van der Waals surface area (Å²) >= 11 is 0. The average Bonchev–Trinajstić information content (AvgIpc) is 3.36. The second kappa shape index (κ2) is 6.14. The Kier molecular flexibility index (Phi) is 3.50. The molecule has 0 fully saturated rings. The Morgan fingerprint density at radius 3 is 2.41 bits per heavy atom. The van der Waals surface area contributed by atoms with Gasteiger partial charge in [-0.2, -0.15) is 0 Å². The van der Waals surface area contributed by atoms with Crippen LogP contribution in [-0.4, -0.2) is 29.9 Å². The van der Waals surface area contributed by atoms with Crippen LogP contribution in [0.5, 0.6) is 0 Å². The Labute approximate surface area is 153 Å². The fourth-order valence-corrected chi connectivity index (χ4v) is 3.05. The number of imidazole rings is 2. The number of aromatic nitrogens is 6. The van der Waals surface area contributed by atoms with Crippen LogP contribution in [0, 0.1) is 5.82 Å². The van der Waals surface area contributed by atoms with Crippen molar-refractivity contribution >= 4 is 11.2 Å². The summed E-state index contributed by atoms with van der Waals surface area (Å²) in [4.78, 5) is 24.0. The first-order valence-corrected chi connectivity index (χ1v) is 8.35. The summed E-state index contributed by atoms with van der Waals surface area (Å²) < 4.78 is 13.4. The molecule has 0 aliphatic heterocycles. The maximum atomic E-state index is 13.4. The van der Waals surface area contributed by atoms with Gasteiger partial charge in [-0.3, -0.25) is 0 Å². The van der Waals surface area contributed by atoms with E-state index in [4.69, 9.17) is 4.98 Å². The van der Waals surface area contributed by atoms with Gasteiger partial charge in [-0.25, -0.2) is 24.3 Å². The van der Waals surface area contributed by atoms with E-state index in [1.165, 1.54) is 18.5 Å². The van der Waals surface area contributed by atoms with E-state index in [1.54, 1.807) is 18.5 Å². The first-order valence-electron chi connectivity index (χ1n) is 8.35. The lowest BCUT2D eigenvalue weighted by Gasteiger charge is -2.03. The molecular formula is C20H13FN6. The highest BCUT2D eigenvalue weighted by Crippen LogP contribution is 2.34. The minimum atomic E-state index is -0.294. The number of H-pyrrole nitrogens is 2. The average molecular weight is 356 g/mol. The molecule has 0 atom stereocenters. The minimum Gasteiger partial charge on any atom is -0.341 e. The van der Waals surface area contributed by atoms with Gasteiger partial charge < -0.3 is 9.97 Å². The molecule has 2 aromatic carbocycles. The molecule has 130 valence electrons. The van der Waals surface area contributed by atoms with Crippen molar-refractivity contribution in [3.05, 3.63) is 73.1 Å². The normalized spacial score (nSPS) is 11.1. The summed E-state index contributed by atoms with van der Waals surface area (Å²) in [7, 11) is 0. The van der Waals surface area contributed by atoms with E-state index in [2.05, 4.69) is 24.9 Å². The Hall–Kier alpha value is -3.87. The summed E-state index contributed by atoms with van der Waals surface area (Å²) in [6, 6.07) is 16.0. The zero-order chi connectivity index (χ0) is 18.2. The van der Waals surface area contributed by atoms with Crippen molar-refractivity contribution in [1.29, 1.82) is 0 Å². The van der Waals surface area contributed by atoms with Crippen LogP contribution in [-0.2, 0) is 0 Å². The third kappa shape index (κ3) is 2.65. The van der Waals surface area contributed by atoms with Gasteiger partial charge in [0.1, 0.15) is 29.2 Å². The van der Waals surface area contributed by atoms with Crippen molar-refractivity contribution in [1.82, 2.24) is 29.9 Å². The molecule has 7 heteroatoms. The van der Waals surface area contributed by atoms with Crippen LogP contribution in [0.15, 0.2) is 67.3 Å². The Balaban J connectivity index is 1.77. The van der Waals surface area contributed by atoms with Gasteiger partial charge in [0.15, 0.2) is 5.65 Å². The molecule has 5 aromatic rings. The smallest absolute Gasteiger partial charge is 0.181 e. The highest BCUT2D eigenvalue weighted by atomic mass is 19.1. The standard InChI is InChI=1S/C20H13FN6/c21-14-8-6-12(7-9-14)15-17(16-18-20(24-10-22-16)25-11-23-18)27-19(26-15)13-4-2-1-3-5-13/h1-11H,(H,26,27)(H,22,23,24,25). The van der Waals surface area contributed by atoms with Gasteiger partial charge in [-0.1, -0.05) is 30.3 Å². The molecule has 0 bridgehead atoms. The first kappa shape index (κ1) is 15.4. The van der Waals surface area contributed by atoms with E-state index in [0.717, 1.165) is 16.8 Å². The van der Waals surface area contributed by atoms with Crippen LogP contribution in [0.3, 0.4) is 0 Å². The first-order chi connectivity index (χ1) is 13.3. The topological polar surface area (TPSA) is 83.1 Å². The van der Waals surface area contributed by atoms with Crippen LogP contribution in [0.2, 0.25) is 0 Å². The number of fused-ring (bicyclic) bond motifs is 1. The predicted octanol–water partition coefficient (Wildman–Crippen LogP) is 4.22. The summed E-state index contributed by atoms with van der Waals surface area (Å²) in [6.45, 7) is 0. The summed E-state index contributed by atoms with van der Waals surface area (Å²) in [5, 5.41) is 0. The number of nitrogens with zero attached hydrogens (tertiary/aromatic N) is 4. The number of rotatable bonds is 3. The van der Waals surface area contributed by atoms with Crippen LogP contribution < -0.4 is 0 Å². The molecule has 5 rings (SSSR count). The zero-order valence-electron chi connectivity index (χ0n) is 14.0. The maximum Gasteiger partial charge on any atom is 0.181 e. The summed E-state index contributed by atoms with van der Waals surface area (Å²) in [5.41, 5.74) is 5.08. The number of benzene rings is 2. The Bertz CT molecular complexity index is 1220. The monoisotopic (exact) mass is 356 g/mol. The fourth-order valence-electron chi connectivity index (χ4n) is 3.05. The molecule has 0 saturated carbocycles. The SMILES string of the molecule is Fc1ccc(-c2nc(-c3ccccc3)[nH]c2-c2ncnc3nc[nH]c23)cc1. The van der Waals surface area contributed by atoms with Crippen molar-refractivity contribution in [2.24, 2.45) is 0 Å². The van der Waals surface area contributed by atoms with Gasteiger partial charge in [0, 0.05) is 11.1 Å². The highest BCUT2D eigenvalue weighted by Gasteiger charge is 2.19. The van der Waals surface area contributed by atoms with Gasteiger partial charge in [0.2, 0.25) is 0 Å². The minimum absolute atomic E-state index is 0.294. The van der Waals surface area contributed by atoms with Crippen LogP contribution in [0.4, 0.5) is 4.39 Å². The van der Waals surface area contributed by atoms with E-state index in [1.807, 2.05) is 30.3 Å². The quantitative estimate of drug-likeness (QED) is 0.507. The van der Waals surface area contributed by atoms with Crippen molar-refractivity contribution in [2.75, 3.05) is 0 Å². The second-order valence-electron chi connectivity index (χ2n) is 6.01. The second-order valence-corrected chi connectivity index (χ2v) is 6.01. The Morgan fingerprint density at radius 2 is 1.59 bits per heavy atom. The van der Waals surface area contributed by atoms with Gasteiger partial charge >= 0.3 is 0 Å². The Morgan fingerprint density at radius 1 is 0.778 bits per heavy atom. The van der Waals surface area contributed by atoms with Gasteiger partial charge in [-0.05, 0) is 24.3 Å². The molecule has 2 N–H and O–H groups in total. The molecule has 3 heterocycles. The molecule has 0 radical (unpaired) electrons. The van der Waals surface area contributed by atoms with E-state index in [9.17, 15) is 4.39 Å². The fraction of sp³-hybridized carbons (Fsp3) is 0. The van der Waals surface area contributed by atoms with Gasteiger partial charge in [0.25, 0.3) is 0 Å². The van der Waals surface area contributed by atoms with E-state index in [-0.39, 0.29) is 5.82 Å². The molecular weight excluding hydrogens is 343 g/mol. The van der Waals surface area contributed by atoms with Gasteiger partial charge in [-0.15, -0.1) is 0 Å². The van der Waals surface area contributed by atoms with E-state index >= 15 is 0 Å². The zero-order valence-corrected chi connectivity index (χ0v) is 14.0. The lowest BCUT2D eigenvalue weighted by Crippen LogP contribution is -1.91. The van der Waals surface area contributed by atoms with Crippen LogP contribution in [0.25, 0.3) is 45.2 Å². The lowest BCUT2D eigenvalue weighted by molar-refractivity contribution is 0.628. The van der Waals surface area contributed by atoms with Crippen molar-refractivity contribution in [2.45, 2.75) is 0 Å². The summed E-state index contributed by atoms with van der Waals surface area (Å²) in [6.07, 6.45) is 3.05. The maximum absolute atomic E-state index is 13.4. The summed E-state index contributed by atoms with van der Waals surface area (Å²) in [5.74, 6) is 0.410. The molecule has 0 amide bonds. The van der Waals surface area contributed by atoms with Crippen LogP contribution in [0.1, 0.15) is 0 Å². The molecule has 0 aliphatic carbocycles. The molecule has 0 spiro atoms. The number of nitrogens with one attached hydrogen (secondary N) is 2. The van der Waals surface area contributed by atoms with Crippen molar-refractivity contribution in [3.63, 3.8) is 0 Å².